The van der Waals surface area contributed by atoms with E-state index in [0.29, 0.717) is 50.5 Å². The van der Waals surface area contributed by atoms with Crippen molar-refractivity contribution in [2.24, 2.45) is 5.41 Å². The van der Waals surface area contributed by atoms with E-state index in [1.807, 2.05) is 97.7 Å². The zero-order chi connectivity index (χ0) is 27.8. The number of carbonyl (C=O) groups is 2. The Bertz CT molecular complexity index is 1240. The zero-order valence-electron chi connectivity index (χ0n) is 23.2. The Hall–Kier alpha value is -3.31. The van der Waals surface area contributed by atoms with Crippen molar-refractivity contribution in [3.05, 3.63) is 101 Å². The average Bonchev–Trinajstić information content (AvgIpc) is 2.95. The molecule has 1 atom stereocenters. The minimum atomic E-state index is -0.360. The topological polar surface area (TPSA) is 49.9 Å². The number of aryl methyl sites for hydroxylation is 1. The maximum absolute atomic E-state index is 13.5. The van der Waals surface area contributed by atoms with Crippen LogP contribution in [0.25, 0.3) is 0 Å². The van der Waals surface area contributed by atoms with Gasteiger partial charge in [0.05, 0.1) is 12.5 Å². The summed E-state index contributed by atoms with van der Waals surface area (Å²) in [6.45, 7) is 6.21. The highest BCUT2D eigenvalue weighted by atomic mass is 35.5. The van der Waals surface area contributed by atoms with Crippen molar-refractivity contribution in [1.82, 2.24) is 9.80 Å². The Morgan fingerprint density at radius 3 is 2.26 bits per heavy atom. The smallest absolute Gasteiger partial charge is 0.230 e. The summed E-state index contributed by atoms with van der Waals surface area (Å²) in [4.78, 5) is 30.8. The minimum Gasteiger partial charge on any atom is -0.493 e. The van der Waals surface area contributed by atoms with Gasteiger partial charge in [0.15, 0.2) is 0 Å². The van der Waals surface area contributed by atoms with Crippen LogP contribution in [0.5, 0.6) is 5.75 Å². The van der Waals surface area contributed by atoms with E-state index in [2.05, 4.69) is 6.92 Å². The Kier molecular flexibility index (Phi) is 9.68. The van der Waals surface area contributed by atoms with E-state index in [-0.39, 0.29) is 23.1 Å². The van der Waals surface area contributed by atoms with Gasteiger partial charge in [-0.1, -0.05) is 79.2 Å². The van der Waals surface area contributed by atoms with E-state index in [9.17, 15) is 9.59 Å². The minimum absolute atomic E-state index is 0.0882. The molecule has 0 saturated carbocycles. The summed E-state index contributed by atoms with van der Waals surface area (Å²) in [5, 5.41) is 0.700. The Morgan fingerprint density at radius 1 is 1.00 bits per heavy atom. The van der Waals surface area contributed by atoms with E-state index in [1.165, 1.54) is 0 Å². The molecule has 1 heterocycles. The average molecular weight is 547 g/mol. The van der Waals surface area contributed by atoms with Gasteiger partial charge >= 0.3 is 0 Å². The van der Waals surface area contributed by atoms with E-state index in [4.69, 9.17) is 16.3 Å². The van der Waals surface area contributed by atoms with Gasteiger partial charge in [0.25, 0.3) is 0 Å². The molecule has 0 aliphatic carbocycles. The number of nitrogens with zero attached hydrogens (tertiary/aromatic N) is 2. The van der Waals surface area contributed by atoms with Crippen LogP contribution in [0.3, 0.4) is 0 Å². The number of piperidine rings is 1. The third-order valence-corrected chi connectivity index (χ3v) is 8.36. The number of hydrogen-bond donors (Lipinski definition) is 0. The summed E-state index contributed by atoms with van der Waals surface area (Å²) in [6.07, 6.45) is 2.55. The third kappa shape index (κ3) is 7.42. The first-order valence-electron chi connectivity index (χ1n) is 13.8. The monoisotopic (exact) mass is 546 g/mol. The molecule has 4 rings (SSSR count). The second-order valence-corrected chi connectivity index (χ2v) is 11.2. The lowest BCUT2D eigenvalue weighted by Gasteiger charge is -2.42. The Labute approximate surface area is 237 Å². The maximum Gasteiger partial charge on any atom is 0.230 e. The number of amides is 2. The molecule has 0 N–H and O–H groups in total. The fourth-order valence-corrected chi connectivity index (χ4v) is 5.49. The predicted octanol–water partition coefficient (Wildman–Crippen LogP) is 6.88. The lowest BCUT2D eigenvalue weighted by Crippen LogP contribution is -2.48. The number of likely N-dealkylation sites (tertiary alicyclic amines) is 1. The summed E-state index contributed by atoms with van der Waals surface area (Å²) < 4.78 is 6.28. The van der Waals surface area contributed by atoms with Crippen LogP contribution in [-0.4, -0.2) is 48.4 Å². The van der Waals surface area contributed by atoms with Gasteiger partial charge in [0.2, 0.25) is 11.8 Å². The fourth-order valence-electron chi connectivity index (χ4n) is 5.38. The SMILES string of the molecule is CCC(C(=O)N1CCC(COc2ccc(Cl)c(C)c2)(CC(=O)N(C)Cc2ccccc2)CC1)c1ccccc1. The van der Waals surface area contributed by atoms with Gasteiger partial charge < -0.3 is 14.5 Å². The van der Waals surface area contributed by atoms with Crippen molar-refractivity contribution in [2.75, 3.05) is 26.7 Å². The van der Waals surface area contributed by atoms with Gasteiger partial charge in [-0.3, -0.25) is 9.59 Å². The molecule has 0 bridgehead atoms. The van der Waals surface area contributed by atoms with E-state index in [0.717, 1.165) is 28.9 Å². The van der Waals surface area contributed by atoms with Crippen LogP contribution >= 0.6 is 11.6 Å². The molecule has 3 aromatic carbocycles. The lowest BCUT2D eigenvalue weighted by atomic mass is 9.75. The number of ether oxygens (including phenoxy) is 1. The zero-order valence-corrected chi connectivity index (χ0v) is 24.0. The molecule has 39 heavy (non-hydrogen) atoms. The van der Waals surface area contributed by atoms with Crippen molar-refractivity contribution >= 4 is 23.4 Å². The van der Waals surface area contributed by atoms with Crippen LogP contribution in [0.4, 0.5) is 0 Å². The molecule has 1 aliphatic heterocycles. The van der Waals surface area contributed by atoms with E-state index >= 15 is 0 Å². The number of rotatable bonds is 10. The molecule has 1 fully saturated rings. The molecular formula is C33H39ClN2O3. The number of benzene rings is 3. The predicted molar refractivity (Wildman–Crippen MR) is 157 cm³/mol. The second-order valence-electron chi connectivity index (χ2n) is 10.8. The van der Waals surface area contributed by atoms with Gasteiger partial charge in [-0.15, -0.1) is 0 Å². The summed E-state index contributed by atoms with van der Waals surface area (Å²) in [6, 6.07) is 25.7. The molecule has 0 aromatic heterocycles. The third-order valence-electron chi connectivity index (χ3n) is 7.93. The van der Waals surface area contributed by atoms with Gasteiger partial charge in [-0.05, 0) is 61.1 Å². The molecule has 1 unspecified atom stereocenters. The largest absolute Gasteiger partial charge is 0.493 e. The fraction of sp³-hybridized carbons (Fsp3) is 0.394. The van der Waals surface area contributed by atoms with Gasteiger partial charge in [0, 0.05) is 43.5 Å². The first-order chi connectivity index (χ1) is 18.8. The van der Waals surface area contributed by atoms with Crippen LogP contribution in [0.15, 0.2) is 78.9 Å². The summed E-state index contributed by atoms with van der Waals surface area (Å²) >= 11 is 6.21. The van der Waals surface area contributed by atoms with E-state index in [1.54, 1.807) is 4.90 Å². The summed E-state index contributed by atoms with van der Waals surface area (Å²) in [5.74, 6) is 0.852. The first kappa shape index (κ1) is 28.7. The Morgan fingerprint density at radius 2 is 1.64 bits per heavy atom. The Balaban J connectivity index is 1.47. The lowest BCUT2D eigenvalue weighted by molar-refractivity contribution is -0.138. The molecule has 0 radical (unpaired) electrons. The molecule has 2 amide bonds. The molecule has 5 nitrogen and oxygen atoms in total. The number of hydrogen-bond acceptors (Lipinski definition) is 3. The molecule has 1 aliphatic rings. The second kappa shape index (κ2) is 13.2. The van der Waals surface area contributed by atoms with Crippen LogP contribution < -0.4 is 4.74 Å². The number of halogens is 1. The van der Waals surface area contributed by atoms with Crippen LogP contribution in [0.1, 0.15) is 55.2 Å². The van der Waals surface area contributed by atoms with Gasteiger partial charge in [-0.2, -0.15) is 0 Å². The van der Waals surface area contributed by atoms with Gasteiger partial charge in [0.1, 0.15) is 5.75 Å². The number of carbonyl (C=O) groups excluding carboxylic acids is 2. The van der Waals surface area contributed by atoms with Crippen molar-refractivity contribution in [3.63, 3.8) is 0 Å². The standard InChI is InChI=1S/C33H39ClN2O3/c1-4-29(27-13-9-6-10-14-27)32(38)36-19-17-33(18-20-36,24-39-28-15-16-30(34)25(2)21-28)22-31(37)35(3)23-26-11-7-5-8-12-26/h5-16,21,29H,4,17-20,22-24H2,1-3H3. The maximum atomic E-state index is 13.5. The van der Waals surface area contributed by atoms with Crippen molar-refractivity contribution in [1.29, 1.82) is 0 Å². The molecule has 1 saturated heterocycles. The van der Waals surface area contributed by atoms with Crippen LogP contribution in [0.2, 0.25) is 5.02 Å². The summed E-state index contributed by atoms with van der Waals surface area (Å²) in [5.41, 5.74) is 2.75. The van der Waals surface area contributed by atoms with E-state index < -0.39 is 0 Å². The molecular weight excluding hydrogens is 508 g/mol. The van der Waals surface area contributed by atoms with Crippen molar-refractivity contribution < 1.29 is 14.3 Å². The van der Waals surface area contributed by atoms with Gasteiger partial charge in [-0.25, -0.2) is 0 Å². The molecule has 3 aromatic rings. The molecule has 206 valence electrons. The van der Waals surface area contributed by atoms with Crippen LogP contribution in [-0.2, 0) is 16.1 Å². The highest BCUT2D eigenvalue weighted by Crippen LogP contribution is 2.38. The first-order valence-corrected chi connectivity index (χ1v) is 14.2. The van der Waals surface area contributed by atoms with Crippen molar-refractivity contribution in [2.45, 2.75) is 52.0 Å². The molecule has 0 spiro atoms. The van der Waals surface area contributed by atoms with Crippen LogP contribution in [0, 0.1) is 12.3 Å². The quantitative estimate of drug-likeness (QED) is 0.278. The highest BCUT2D eigenvalue weighted by Gasteiger charge is 2.40. The summed E-state index contributed by atoms with van der Waals surface area (Å²) in [7, 11) is 1.86. The highest BCUT2D eigenvalue weighted by molar-refractivity contribution is 6.31. The molecule has 6 heteroatoms. The van der Waals surface area contributed by atoms with Crippen molar-refractivity contribution in [3.8, 4) is 5.75 Å². The normalized spacial score (nSPS) is 15.4.